The molecule has 0 spiro atoms. The number of carbonyl (C=O) groups excluding carboxylic acids is 1. The highest BCUT2D eigenvalue weighted by Crippen LogP contribution is 2.37. The molecule has 4 rings (SSSR count). The van der Waals surface area contributed by atoms with Crippen molar-refractivity contribution in [3.63, 3.8) is 0 Å². The summed E-state index contributed by atoms with van der Waals surface area (Å²) in [7, 11) is 0. The van der Waals surface area contributed by atoms with Crippen molar-refractivity contribution < 1.29 is 9.53 Å². The minimum Gasteiger partial charge on any atom is -0.448 e. The summed E-state index contributed by atoms with van der Waals surface area (Å²) in [6.45, 7) is 8.56. The predicted octanol–water partition coefficient (Wildman–Crippen LogP) is 6.51. The Hall–Kier alpha value is -3.10. The van der Waals surface area contributed by atoms with E-state index in [2.05, 4.69) is 60.8 Å². The molecular formula is C25H25N3O3S2. The first-order valence-corrected chi connectivity index (χ1v) is 12.2. The van der Waals surface area contributed by atoms with E-state index in [4.69, 9.17) is 4.74 Å². The van der Waals surface area contributed by atoms with Crippen LogP contribution in [0.3, 0.4) is 0 Å². The summed E-state index contributed by atoms with van der Waals surface area (Å²) in [6.07, 6.45) is 0. The molecule has 1 aromatic heterocycles. The lowest BCUT2D eigenvalue weighted by molar-refractivity contribution is 0.0952. The van der Waals surface area contributed by atoms with Gasteiger partial charge in [-0.25, -0.2) is 0 Å². The molecule has 2 heterocycles. The Balaban J connectivity index is 1.57. The van der Waals surface area contributed by atoms with E-state index in [1.165, 1.54) is 23.4 Å². The van der Waals surface area contributed by atoms with E-state index < -0.39 is 5.50 Å². The molecule has 170 valence electrons. The highest BCUT2D eigenvalue weighted by Gasteiger charge is 2.29. The van der Waals surface area contributed by atoms with Crippen molar-refractivity contribution in [1.29, 1.82) is 0 Å². The highest BCUT2D eigenvalue weighted by molar-refractivity contribution is 8.03. The summed E-state index contributed by atoms with van der Waals surface area (Å²) in [6, 6.07) is 19.3. The molecule has 0 aliphatic carbocycles. The summed E-state index contributed by atoms with van der Waals surface area (Å²) < 4.78 is 6.21. The maximum atomic E-state index is 12.7. The fourth-order valence-corrected chi connectivity index (χ4v) is 4.95. The van der Waals surface area contributed by atoms with Gasteiger partial charge in [-0.05, 0) is 59.1 Å². The normalized spacial score (nSPS) is 15.8. The average Bonchev–Trinajstić information content (AvgIpc) is 3.42. The SMILES string of the molecule is Cc1ccc(OC2=C(c3ccc(C(C)(C)C)cc3)NC(NC(=O)c3ccc(N=O)s3)S2)cc1. The number of carbonyl (C=O) groups is 1. The van der Waals surface area contributed by atoms with Crippen LogP contribution in [0.1, 0.15) is 47.1 Å². The van der Waals surface area contributed by atoms with Crippen molar-refractivity contribution in [3.8, 4) is 5.75 Å². The predicted molar refractivity (Wildman–Crippen MR) is 136 cm³/mol. The van der Waals surface area contributed by atoms with Crippen LogP contribution in [-0.4, -0.2) is 11.4 Å². The van der Waals surface area contributed by atoms with Crippen LogP contribution < -0.4 is 15.4 Å². The van der Waals surface area contributed by atoms with Gasteiger partial charge in [-0.3, -0.25) is 4.79 Å². The molecule has 0 radical (unpaired) electrons. The zero-order valence-electron chi connectivity index (χ0n) is 18.8. The molecule has 33 heavy (non-hydrogen) atoms. The monoisotopic (exact) mass is 479 g/mol. The first-order valence-electron chi connectivity index (χ1n) is 10.5. The standard InChI is InChI=1S/C25H25N3O3S2/c1-15-5-11-18(12-6-15)31-23-21(16-7-9-17(10-8-16)25(2,3)4)26-24(33-23)27-22(29)19-13-14-20(28-30)32-19/h5-14,24,26H,1-4H3,(H,27,29). The number of nitrogens with zero attached hydrogens (tertiary/aromatic N) is 1. The molecule has 6 nitrogen and oxygen atoms in total. The van der Waals surface area contributed by atoms with Crippen molar-refractivity contribution in [3.05, 3.63) is 92.2 Å². The van der Waals surface area contributed by atoms with E-state index in [0.29, 0.717) is 9.97 Å². The van der Waals surface area contributed by atoms with Gasteiger partial charge in [-0.15, -0.1) is 16.2 Å². The Morgan fingerprint density at radius 2 is 1.73 bits per heavy atom. The quantitative estimate of drug-likeness (QED) is 0.394. The van der Waals surface area contributed by atoms with Crippen molar-refractivity contribution in [2.24, 2.45) is 5.18 Å². The summed E-state index contributed by atoms with van der Waals surface area (Å²) >= 11 is 2.45. The minimum absolute atomic E-state index is 0.0540. The van der Waals surface area contributed by atoms with Gasteiger partial charge in [0.15, 0.2) is 15.6 Å². The third kappa shape index (κ3) is 5.46. The van der Waals surface area contributed by atoms with E-state index in [9.17, 15) is 9.70 Å². The van der Waals surface area contributed by atoms with Crippen LogP contribution in [0.15, 0.2) is 70.9 Å². The smallest absolute Gasteiger partial charge is 0.263 e. The van der Waals surface area contributed by atoms with Crippen LogP contribution in [-0.2, 0) is 5.41 Å². The number of ether oxygens (including phenoxy) is 1. The molecule has 3 aromatic rings. The third-order valence-corrected chi connectivity index (χ3v) is 7.08. The van der Waals surface area contributed by atoms with Gasteiger partial charge in [0, 0.05) is 5.56 Å². The minimum atomic E-state index is -0.426. The molecule has 1 atom stereocenters. The second-order valence-corrected chi connectivity index (χ2v) is 10.9. The Labute approximate surface area is 201 Å². The molecular weight excluding hydrogens is 454 g/mol. The van der Waals surface area contributed by atoms with Gasteiger partial charge in [-0.1, -0.05) is 62.7 Å². The molecule has 1 aliphatic heterocycles. The molecule has 1 amide bonds. The summed E-state index contributed by atoms with van der Waals surface area (Å²) in [5.74, 6) is 0.444. The van der Waals surface area contributed by atoms with Crippen molar-refractivity contribution >= 4 is 39.7 Å². The highest BCUT2D eigenvalue weighted by atomic mass is 32.2. The molecule has 1 aliphatic rings. The number of thiophene rings is 1. The van der Waals surface area contributed by atoms with E-state index in [1.807, 2.05) is 31.2 Å². The van der Waals surface area contributed by atoms with Gasteiger partial charge < -0.3 is 15.4 Å². The molecule has 0 fully saturated rings. The molecule has 0 saturated heterocycles. The number of nitrogens with one attached hydrogen (secondary N) is 2. The largest absolute Gasteiger partial charge is 0.448 e. The second kappa shape index (κ2) is 9.41. The molecule has 8 heteroatoms. The Morgan fingerprint density at radius 1 is 1.03 bits per heavy atom. The van der Waals surface area contributed by atoms with Gasteiger partial charge in [0.1, 0.15) is 5.75 Å². The maximum Gasteiger partial charge on any atom is 0.263 e. The first kappa shape index (κ1) is 23.1. The Morgan fingerprint density at radius 3 is 2.33 bits per heavy atom. The number of aryl methyl sites for hydroxylation is 1. The fourth-order valence-electron chi connectivity index (χ4n) is 3.27. The average molecular weight is 480 g/mol. The molecule has 2 aromatic carbocycles. The lowest BCUT2D eigenvalue weighted by atomic mass is 9.86. The van der Waals surface area contributed by atoms with E-state index in [-0.39, 0.29) is 16.3 Å². The number of hydrogen-bond acceptors (Lipinski definition) is 7. The topological polar surface area (TPSA) is 79.8 Å². The molecule has 0 bridgehead atoms. The fraction of sp³-hybridized carbons (Fsp3) is 0.240. The van der Waals surface area contributed by atoms with Gasteiger partial charge in [0.25, 0.3) is 5.91 Å². The second-order valence-electron chi connectivity index (χ2n) is 8.75. The zero-order chi connectivity index (χ0) is 23.6. The van der Waals surface area contributed by atoms with Gasteiger partial charge in [0.2, 0.25) is 0 Å². The lowest BCUT2D eigenvalue weighted by Crippen LogP contribution is -2.39. The summed E-state index contributed by atoms with van der Waals surface area (Å²) in [5, 5.41) is 10.2. The molecule has 0 saturated carbocycles. The third-order valence-electron chi connectivity index (χ3n) is 5.14. The number of thioether (sulfide) groups is 1. The van der Waals surface area contributed by atoms with Gasteiger partial charge in [-0.2, -0.15) is 0 Å². The summed E-state index contributed by atoms with van der Waals surface area (Å²) in [5.41, 5.74) is 3.80. The zero-order valence-corrected chi connectivity index (χ0v) is 20.5. The van der Waals surface area contributed by atoms with E-state index in [1.54, 1.807) is 6.07 Å². The van der Waals surface area contributed by atoms with Crippen molar-refractivity contribution in [2.45, 2.75) is 38.6 Å². The van der Waals surface area contributed by atoms with Crippen LogP contribution in [0.25, 0.3) is 5.70 Å². The number of amides is 1. The van der Waals surface area contributed by atoms with Gasteiger partial charge in [0.05, 0.1) is 10.6 Å². The number of nitroso groups, excluding NO2 is 1. The van der Waals surface area contributed by atoms with Crippen LogP contribution in [0.5, 0.6) is 5.75 Å². The van der Waals surface area contributed by atoms with Gasteiger partial charge >= 0.3 is 0 Å². The lowest BCUT2D eigenvalue weighted by Gasteiger charge is -2.19. The van der Waals surface area contributed by atoms with Crippen LogP contribution in [0.4, 0.5) is 5.00 Å². The van der Waals surface area contributed by atoms with Crippen LogP contribution in [0, 0.1) is 11.8 Å². The number of rotatable bonds is 6. The maximum absolute atomic E-state index is 12.7. The Bertz CT molecular complexity index is 1190. The molecule has 1 unspecified atom stereocenters. The van der Waals surface area contributed by atoms with E-state index >= 15 is 0 Å². The number of hydrogen-bond donors (Lipinski definition) is 2. The summed E-state index contributed by atoms with van der Waals surface area (Å²) in [4.78, 5) is 23.8. The number of benzene rings is 2. The van der Waals surface area contributed by atoms with Crippen molar-refractivity contribution in [1.82, 2.24) is 10.6 Å². The van der Waals surface area contributed by atoms with E-state index in [0.717, 1.165) is 33.9 Å². The Kier molecular flexibility index (Phi) is 6.58. The van der Waals surface area contributed by atoms with Crippen molar-refractivity contribution in [2.75, 3.05) is 0 Å². The van der Waals surface area contributed by atoms with Crippen LogP contribution >= 0.6 is 23.1 Å². The van der Waals surface area contributed by atoms with Crippen LogP contribution in [0.2, 0.25) is 0 Å². The first-order chi connectivity index (χ1) is 15.7. The molecule has 2 N–H and O–H groups in total.